The molecule has 162 valence electrons. The van der Waals surface area contributed by atoms with Gasteiger partial charge in [0.2, 0.25) is 5.91 Å². The van der Waals surface area contributed by atoms with Gasteiger partial charge < -0.3 is 19.0 Å². The largest absolute Gasteiger partial charge is 0.472 e. The Morgan fingerprint density at radius 2 is 1.72 bits per heavy atom. The molecule has 5 rings (SSSR count). The molecule has 0 unspecified atom stereocenters. The van der Waals surface area contributed by atoms with Crippen LogP contribution < -0.4 is 0 Å². The molecule has 32 heavy (non-hydrogen) atoms. The van der Waals surface area contributed by atoms with Crippen LogP contribution in [-0.2, 0) is 11.3 Å². The van der Waals surface area contributed by atoms with Crippen molar-refractivity contribution in [2.75, 3.05) is 13.2 Å². The molecule has 6 heteroatoms. The molecule has 2 aromatic heterocycles. The topological polar surface area (TPSA) is 71.5 Å². The smallest absolute Gasteiger partial charge is 0.242 e. The highest BCUT2D eigenvalue weighted by Gasteiger charge is 2.30. The quantitative estimate of drug-likeness (QED) is 0.493. The third-order valence-corrected chi connectivity index (χ3v) is 6.04. The van der Waals surface area contributed by atoms with E-state index in [1.807, 2.05) is 71.3 Å². The van der Waals surface area contributed by atoms with Gasteiger partial charge in [-0.1, -0.05) is 60.7 Å². The summed E-state index contributed by atoms with van der Waals surface area (Å²) in [5.41, 5.74) is 4.50. The van der Waals surface area contributed by atoms with E-state index in [0.29, 0.717) is 12.4 Å². The van der Waals surface area contributed by atoms with Crippen LogP contribution >= 0.6 is 0 Å². The van der Waals surface area contributed by atoms with Crippen LogP contribution in [-0.4, -0.2) is 44.7 Å². The molecule has 6 nitrogen and oxygen atoms in total. The fraction of sp³-hybridized carbons (Fsp3) is 0.231. The number of rotatable bonds is 6. The molecule has 1 aliphatic rings. The van der Waals surface area contributed by atoms with Crippen molar-refractivity contribution >= 4 is 5.91 Å². The van der Waals surface area contributed by atoms with Gasteiger partial charge in [0.25, 0.3) is 0 Å². The van der Waals surface area contributed by atoms with E-state index in [1.54, 1.807) is 17.4 Å². The van der Waals surface area contributed by atoms with Crippen molar-refractivity contribution in [2.45, 2.75) is 25.4 Å². The van der Waals surface area contributed by atoms with E-state index >= 15 is 0 Å². The molecular weight excluding hydrogens is 402 g/mol. The van der Waals surface area contributed by atoms with Crippen LogP contribution in [0.4, 0.5) is 0 Å². The number of aromatic nitrogens is 2. The summed E-state index contributed by atoms with van der Waals surface area (Å²) in [4.78, 5) is 20.2. The highest BCUT2D eigenvalue weighted by molar-refractivity contribution is 5.85. The van der Waals surface area contributed by atoms with Gasteiger partial charge in [-0.05, 0) is 18.9 Å². The van der Waals surface area contributed by atoms with Crippen molar-refractivity contribution in [3.05, 3.63) is 79.3 Å². The van der Waals surface area contributed by atoms with Gasteiger partial charge in [-0.3, -0.25) is 4.79 Å². The van der Waals surface area contributed by atoms with E-state index in [0.717, 1.165) is 40.9 Å². The van der Waals surface area contributed by atoms with Crippen LogP contribution in [0.2, 0.25) is 0 Å². The zero-order valence-electron chi connectivity index (χ0n) is 17.7. The summed E-state index contributed by atoms with van der Waals surface area (Å²) in [5, 5.41) is 9.72. The number of benzene rings is 2. The molecule has 0 aliphatic carbocycles. The number of aliphatic hydroxyl groups is 1. The number of amides is 1. The zero-order valence-corrected chi connectivity index (χ0v) is 17.7. The van der Waals surface area contributed by atoms with Gasteiger partial charge in [0.15, 0.2) is 0 Å². The molecule has 1 saturated heterocycles. The molecule has 1 fully saturated rings. The first-order chi connectivity index (χ1) is 15.8. The molecule has 1 atom stereocenters. The molecule has 4 aromatic rings. The summed E-state index contributed by atoms with van der Waals surface area (Å²) in [6.07, 6.45) is 5.01. The second-order valence-corrected chi connectivity index (χ2v) is 8.03. The van der Waals surface area contributed by atoms with Crippen LogP contribution in [0, 0.1) is 0 Å². The Kier molecular flexibility index (Phi) is 5.60. The Morgan fingerprint density at radius 3 is 2.38 bits per heavy atom. The van der Waals surface area contributed by atoms with Gasteiger partial charge in [-0.15, -0.1) is 0 Å². The first-order valence-corrected chi connectivity index (χ1v) is 10.9. The SMILES string of the molecule is O=C(Cn1c(-c2ccoc2)nc(-c2ccccc2)c1-c1ccccc1)N1CCC[C@H]1CO. The van der Waals surface area contributed by atoms with Crippen LogP contribution in [0.1, 0.15) is 12.8 Å². The number of nitrogens with zero attached hydrogens (tertiary/aromatic N) is 3. The van der Waals surface area contributed by atoms with Crippen molar-refractivity contribution in [3.8, 4) is 33.9 Å². The molecule has 1 amide bonds. The standard InChI is InChI=1S/C26H25N3O3/c30-17-22-12-7-14-28(22)23(31)16-29-25(20-10-5-2-6-11-20)24(19-8-3-1-4-9-19)27-26(29)21-13-15-32-18-21/h1-6,8-11,13,15,18,22,30H,7,12,14,16-17H2/t22-/m0/s1. The zero-order chi connectivity index (χ0) is 21.9. The Morgan fingerprint density at radius 1 is 1.00 bits per heavy atom. The predicted molar refractivity (Wildman–Crippen MR) is 123 cm³/mol. The van der Waals surface area contributed by atoms with E-state index in [4.69, 9.17) is 9.40 Å². The maximum absolute atomic E-state index is 13.4. The highest BCUT2D eigenvalue weighted by Crippen LogP contribution is 2.36. The van der Waals surface area contributed by atoms with Crippen molar-refractivity contribution in [1.82, 2.24) is 14.5 Å². The molecule has 0 spiro atoms. The monoisotopic (exact) mass is 427 g/mol. The first-order valence-electron chi connectivity index (χ1n) is 10.9. The fourth-order valence-electron chi connectivity index (χ4n) is 4.48. The summed E-state index contributed by atoms with van der Waals surface area (Å²) in [5.74, 6) is 0.671. The summed E-state index contributed by atoms with van der Waals surface area (Å²) in [6, 6.07) is 21.8. The Balaban J connectivity index is 1.68. The van der Waals surface area contributed by atoms with E-state index in [2.05, 4.69) is 0 Å². The Hall–Kier alpha value is -3.64. The number of carbonyl (C=O) groups is 1. The van der Waals surface area contributed by atoms with Gasteiger partial charge in [-0.25, -0.2) is 4.98 Å². The molecule has 3 heterocycles. The van der Waals surface area contributed by atoms with Crippen LogP contribution in [0.25, 0.3) is 33.9 Å². The second kappa shape index (κ2) is 8.85. The maximum Gasteiger partial charge on any atom is 0.242 e. The lowest BCUT2D eigenvalue weighted by Gasteiger charge is -2.24. The number of hydrogen-bond acceptors (Lipinski definition) is 4. The van der Waals surface area contributed by atoms with Crippen molar-refractivity contribution in [1.29, 1.82) is 0 Å². The van der Waals surface area contributed by atoms with Crippen LogP contribution in [0.5, 0.6) is 0 Å². The molecular formula is C26H25N3O3. The highest BCUT2D eigenvalue weighted by atomic mass is 16.3. The van der Waals surface area contributed by atoms with Gasteiger partial charge >= 0.3 is 0 Å². The second-order valence-electron chi connectivity index (χ2n) is 8.03. The molecule has 1 aliphatic heterocycles. The number of aliphatic hydroxyl groups excluding tert-OH is 1. The molecule has 1 N–H and O–H groups in total. The normalized spacial score (nSPS) is 15.9. The molecule has 0 radical (unpaired) electrons. The van der Waals surface area contributed by atoms with Crippen LogP contribution in [0.3, 0.4) is 0 Å². The van der Waals surface area contributed by atoms with Crippen molar-refractivity contribution < 1.29 is 14.3 Å². The minimum Gasteiger partial charge on any atom is -0.472 e. The first kappa shape index (κ1) is 20.3. The third kappa shape index (κ3) is 3.74. The number of carbonyl (C=O) groups excluding carboxylic acids is 1. The van der Waals surface area contributed by atoms with Crippen molar-refractivity contribution in [2.24, 2.45) is 0 Å². The average Bonchev–Trinajstić information content (AvgIpc) is 3.59. The lowest BCUT2D eigenvalue weighted by atomic mass is 10.0. The third-order valence-electron chi connectivity index (χ3n) is 6.04. The van der Waals surface area contributed by atoms with Gasteiger partial charge in [0.1, 0.15) is 18.6 Å². The summed E-state index contributed by atoms with van der Waals surface area (Å²) >= 11 is 0. The van der Waals surface area contributed by atoms with Crippen molar-refractivity contribution in [3.63, 3.8) is 0 Å². The number of imidazole rings is 1. The maximum atomic E-state index is 13.4. The molecule has 2 aromatic carbocycles. The Labute approximate surface area is 186 Å². The fourth-order valence-corrected chi connectivity index (χ4v) is 4.48. The number of likely N-dealkylation sites (tertiary alicyclic amines) is 1. The van der Waals surface area contributed by atoms with E-state index in [1.165, 1.54) is 0 Å². The van der Waals surface area contributed by atoms with Gasteiger partial charge in [0.05, 0.1) is 35.9 Å². The van der Waals surface area contributed by atoms with E-state index in [9.17, 15) is 9.90 Å². The predicted octanol–water partition coefficient (Wildman–Crippen LogP) is 4.46. The van der Waals surface area contributed by atoms with E-state index < -0.39 is 0 Å². The minimum absolute atomic E-state index is 0.00887. The number of furan rings is 1. The summed E-state index contributed by atoms with van der Waals surface area (Å²) in [7, 11) is 0. The lowest BCUT2D eigenvalue weighted by molar-refractivity contribution is -0.133. The molecule has 0 saturated carbocycles. The van der Waals surface area contributed by atoms with E-state index in [-0.39, 0.29) is 25.1 Å². The Bertz CT molecular complexity index is 1180. The molecule has 0 bridgehead atoms. The van der Waals surface area contributed by atoms with Crippen LogP contribution in [0.15, 0.2) is 83.7 Å². The lowest BCUT2D eigenvalue weighted by Crippen LogP contribution is -2.39. The average molecular weight is 428 g/mol. The summed E-state index contributed by atoms with van der Waals surface area (Å²) < 4.78 is 7.33. The van der Waals surface area contributed by atoms with Gasteiger partial charge in [0, 0.05) is 17.7 Å². The summed E-state index contributed by atoms with van der Waals surface area (Å²) in [6.45, 7) is 0.804. The number of hydrogen-bond donors (Lipinski definition) is 1. The minimum atomic E-state index is -0.114. The van der Waals surface area contributed by atoms with Gasteiger partial charge in [-0.2, -0.15) is 0 Å².